The van der Waals surface area contributed by atoms with Crippen molar-refractivity contribution in [3.63, 3.8) is 0 Å². The molecule has 1 aliphatic heterocycles. The number of carbonyl (C=O) groups excluding carboxylic acids is 3. The van der Waals surface area contributed by atoms with Crippen LogP contribution in [0.4, 0.5) is 0 Å². The van der Waals surface area contributed by atoms with Gasteiger partial charge in [-0.25, -0.2) is 9.59 Å². The van der Waals surface area contributed by atoms with E-state index >= 15 is 0 Å². The SMILES string of the molecule is C=C1C(=O)O[C@@H]2C=C(C)[C@H](OC(C)=O)C/C=C(/CO)C[C@H](OC(=O)/C(C)=C/CO)[C@@H]12. The Labute approximate surface area is 175 Å². The van der Waals surface area contributed by atoms with Gasteiger partial charge in [0.1, 0.15) is 18.3 Å². The molecular formula is C22H28O8. The average molecular weight is 420 g/mol. The van der Waals surface area contributed by atoms with Crippen molar-refractivity contribution in [2.45, 2.75) is 51.9 Å². The van der Waals surface area contributed by atoms with Gasteiger partial charge in [0.05, 0.1) is 19.1 Å². The maximum Gasteiger partial charge on any atom is 0.334 e. The van der Waals surface area contributed by atoms with Gasteiger partial charge >= 0.3 is 17.9 Å². The van der Waals surface area contributed by atoms with Crippen molar-refractivity contribution in [2.24, 2.45) is 5.92 Å². The second kappa shape index (κ2) is 10.4. The molecule has 164 valence electrons. The van der Waals surface area contributed by atoms with Crippen LogP contribution < -0.4 is 0 Å². The molecule has 0 aromatic rings. The summed E-state index contributed by atoms with van der Waals surface area (Å²) in [6, 6.07) is 0. The highest BCUT2D eigenvalue weighted by atomic mass is 16.6. The molecule has 0 amide bonds. The van der Waals surface area contributed by atoms with Crippen molar-refractivity contribution >= 4 is 17.9 Å². The lowest BCUT2D eigenvalue weighted by atomic mass is 9.85. The molecule has 0 bridgehead atoms. The third-order valence-corrected chi connectivity index (χ3v) is 5.17. The van der Waals surface area contributed by atoms with Crippen molar-refractivity contribution in [3.8, 4) is 0 Å². The lowest BCUT2D eigenvalue weighted by Crippen LogP contribution is -2.34. The second-order valence-electron chi connectivity index (χ2n) is 7.40. The van der Waals surface area contributed by atoms with Gasteiger partial charge < -0.3 is 24.4 Å². The van der Waals surface area contributed by atoms with Crippen LogP contribution in [0.1, 0.15) is 33.6 Å². The van der Waals surface area contributed by atoms with Gasteiger partial charge in [-0.3, -0.25) is 4.79 Å². The van der Waals surface area contributed by atoms with E-state index in [1.165, 1.54) is 19.9 Å². The Bertz CT molecular complexity index is 804. The summed E-state index contributed by atoms with van der Waals surface area (Å²) >= 11 is 0. The van der Waals surface area contributed by atoms with E-state index < -0.39 is 42.1 Å². The summed E-state index contributed by atoms with van der Waals surface area (Å²) in [4.78, 5) is 36.2. The molecule has 0 radical (unpaired) electrons. The number of carbonyl (C=O) groups is 3. The highest BCUT2D eigenvalue weighted by Crippen LogP contribution is 2.36. The fourth-order valence-corrected chi connectivity index (χ4v) is 3.51. The van der Waals surface area contributed by atoms with E-state index in [1.54, 1.807) is 19.1 Å². The fourth-order valence-electron chi connectivity index (χ4n) is 3.51. The molecule has 1 fully saturated rings. The molecule has 0 unspecified atom stereocenters. The summed E-state index contributed by atoms with van der Waals surface area (Å²) in [5.41, 5.74) is 1.61. The lowest BCUT2D eigenvalue weighted by molar-refractivity contribution is -0.148. The third-order valence-electron chi connectivity index (χ3n) is 5.17. The molecule has 2 rings (SSSR count). The highest BCUT2D eigenvalue weighted by molar-refractivity contribution is 5.92. The summed E-state index contributed by atoms with van der Waals surface area (Å²) < 4.78 is 16.5. The minimum atomic E-state index is -0.823. The molecule has 1 saturated heterocycles. The maximum absolute atomic E-state index is 12.5. The number of hydrogen-bond donors (Lipinski definition) is 2. The number of ether oxygens (including phenoxy) is 3. The molecule has 2 N–H and O–H groups in total. The van der Waals surface area contributed by atoms with Crippen LogP contribution in [0.2, 0.25) is 0 Å². The van der Waals surface area contributed by atoms with E-state index in [2.05, 4.69) is 6.58 Å². The van der Waals surface area contributed by atoms with Gasteiger partial charge in [0.2, 0.25) is 0 Å². The number of fused-ring (bicyclic) bond motifs is 1. The Balaban J connectivity index is 2.46. The van der Waals surface area contributed by atoms with Crippen LogP contribution in [0.15, 0.2) is 47.1 Å². The number of esters is 3. The fraction of sp³-hybridized carbons (Fsp3) is 0.500. The van der Waals surface area contributed by atoms with Crippen molar-refractivity contribution < 1.29 is 38.8 Å². The van der Waals surface area contributed by atoms with Crippen molar-refractivity contribution in [2.75, 3.05) is 13.2 Å². The van der Waals surface area contributed by atoms with Crippen molar-refractivity contribution in [3.05, 3.63) is 47.1 Å². The molecule has 4 atom stereocenters. The second-order valence-corrected chi connectivity index (χ2v) is 7.40. The van der Waals surface area contributed by atoms with Gasteiger partial charge in [0.25, 0.3) is 0 Å². The molecule has 1 aliphatic carbocycles. The molecule has 30 heavy (non-hydrogen) atoms. The van der Waals surface area contributed by atoms with E-state index in [4.69, 9.17) is 19.3 Å². The summed E-state index contributed by atoms with van der Waals surface area (Å²) in [7, 11) is 0. The van der Waals surface area contributed by atoms with E-state index in [9.17, 15) is 19.5 Å². The first-order valence-electron chi connectivity index (χ1n) is 9.70. The molecule has 8 heteroatoms. The first-order valence-corrected chi connectivity index (χ1v) is 9.70. The van der Waals surface area contributed by atoms with E-state index in [-0.39, 0.29) is 30.8 Å². The minimum absolute atomic E-state index is 0.144. The third kappa shape index (κ3) is 5.67. The molecule has 1 heterocycles. The molecule has 0 saturated carbocycles. The Hall–Kier alpha value is -2.71. The lowest BCUT2D eigenvalue weighted by Gasteiger charge is -2.29. The molecule has 2 aliphatic rings. The minimum Gasteiger partial charge on any atom is -0.458 e. The Morgan fingerprint density at radius 1 is 1.30 bits per heavy atom. The maximum atomic E-state index is 12.5. The monoisotopic (exact) mass is 420 g/mol. The molecule has 8 nitrogen and oxygen atoms in total. The van der Waals surface area contributed by atoms with Crippen LogP contribution >= 0.6 is 0 Å². The van der Waals surface area contributed by atoms with Gasteiger partial charge in [0.15, 0.2) is 0 Å². The standard InChI is InChI=1S/C22H28O8/c1-12(7-8-23)21(26)29-19-10-16(11-24)5-6-17(28-15(4)25)13(2)9-18-20(19)14(3)22(27)30-18/h5,7,9,17-20,23-24H,3,6,8,10-11H2,1-2,4H3/b12-7+,13-9?,16-5+/t17-,18-,19+,20+/m1/s1. The zero-order valence-electron chi connectivity index (χ0n) is 17.4. The predicted octanol–water partition coefficient (Wildman–Crippen LogP) is 1.53. The number of rotatable bonds is 5. The normalized spacial score (nSPS) is 29.2. The van der Waals surface area contributed by atoms with Crippen LogP contribution in [-0.4, -0.2) is 59.6 Å². The Kier molecular flexibility index (Phi) is 8.14. The molecule has 0 aromatic carbocycles. The van der Waals surface area contributed by atoms with Gasteiger partial charge in [0, 0.05) is 30.9 Å². The van der Waals surface area contributed by atoms with E-state index in [0.29, 0.717) is 17.6 Å². The van der Waals surface area contributed by atoms with Gasteiger partial charge in [-0.2, -0.15) is 0 Å². The van der Waals surface area contributed by atoms with Gasteiger partial charge in [-0.05, 0) is 37.1 Å². The van der Waals surface area contributed by atoms with Crippen LogP contribution in [-0.2, 0) is 28.6 Å². The largest absolute Gasteiger partial charge is 0.458 e. The van der Waals surface area contributed by atoms with E-state index in [1.807, 2.05) is 0 Å². The van der Waals surface area contributed by atoms with Crippen LogP contribution in [0.3, 0.4) is 0 Å². The summed E-state index contributed by atoms with van der Waals surface area (Å²) in [5, 5.41) is 18.8. The average Bonchev–Trinajstić information content (AvgIpc) is 2.95. The highest BCUT2D eigenvalue weighted by Gasteiger charge is 2.45. The zero-order chi connectivity index (χ0) is 22.4. The quantitative estimate of drug-likeness (QED) is 0.297. The van der Waals surface area contributed by atoms with Crippen molar-refractivity contribution in [1.82, 2.24) is 0 Å². The smallest absolute Gasteiger partial charge is 0.334 e. The zero-order valence-corrected chi connectivity index (χ0v) is 17.4. The summed E-state index contributed by atoms with van der Waals surface area (Å²) in [6.45, 7) is 7.77. The van der Waals surface area contributed by atoms with Crippen LogP contribution in [0, 0.1) is 5.92 Å². The summed E-state index contributed by atoms with van der Waals surface area (Å²) in [5.74, 6) is -2.38. The van der Waals surface area contributed by atoms with Gasteiger partial charge in [-0.15, -0.1) is 0 Å². The van der Waals surface area contributed by atoms with Crippen LogP contribution in [0.5, 0.6) is 0 Å². The van der Waals surface area contributed by atoms with Gasteiger partial charge in [-0.1, -0.05) is 12.7 Å². The first-order chi connectivity index (χ1) is 14.2. The molecule has 0 spiro atoms. The molecule has 0 aromatic heterocycles. The topological polar surface area (TPSA) is 119 Å². The predicted molar refractivity (Wildman–Crippen MR) is 107 cm³/mol. The van der Waals surface area contributed by atoms with Crippen molar-refractivity contribution in [1.29, 1.82) is 0 Å². The van der Waals surface area contributed by atoms with Crippen LogP contribution in [0.25, 0.3) is 0 Å². The number of hydrogen-bond acceptors (Lipinski definition) is 8. The van der Waals surface area contributed by atoms with E-state index in [0.717, 1.165) is 0 Å². The molecular weight excluding hydrogens is 392 g/mol. The Morgan fingerprint density at radius 2 is 2.00 bits per heavy atom. The number of aliphatic hydroxyl groups excluding tert-OH is 2. The summed E-state index contributed by atoms with van der Waals surface area (Å²) in [6.07, 6.45) is 3.04. The number of aliphatic hydroxyl groups is 2. The first kappa shape index (κ1) is 23.6. The Morgan fingerprint density at radius 3 is 2.60 bits per heavy atom.